The molecule has 1 fully saturated rings. The van der Waals surface area contributed by atoms with E-state index in [4.69, 9.17) is 14.2 Å². The van der Waals surface area contributed by atoms with Crippen LogP contribution < -0.4 is 9.47 Å². The van der Waals surface area contributed by atoms with E-state index in [1.165, 1.54) is 0 Å². The Morgan fingerprint density at radius 3 is 2.69 bits per heavy atom. The third-order valence-electron chi connectivity index (χ3n) is 5.68. The van der Waals surface area contributed by atoms with E-state index < -0.39 is 5.97 Å². The summed E-state index contributed by atoms with van der Waals surface area (Å²) in [6.07, 6.45) is 9.01. The van der Waals surface area contributed by atoms with Crippen LogP contribution in [-0.2, 0) is 20.9 Å². The maximum Gasteiger partial charge on any atom is 0.344 e. The van der Waals surface area contributed by atoms with Crippen LogP contribution in [0.3, 0.4) is 0 Å². The number of benzene rings is 1. The number of carbonyl (C=O) groups is 2. The van der Waals surface area contributed by atoms with Crippen LogP contribution in [0.25, 0.3) is 0 Å². The number of hydrogen-bond donors (Lipinski definition) is 0. The molecule has 7 heteroatoms. The lowest BCUT2D eigenvalue weighted by Gasteiger charge is -2.36. The minimum atomic E-state index is -0.529. The van der Waals surface area contributed by atoms with Gasteiger partial charge in [-0.15, -0.1) is 0 Å². The molecule has 2 atom stereocenters. The van der Waals surface area contributed by atoms with Crippen LogP contribution in [0, 0.1) is 5.92 Å². The van der Waals surface area contributed by atoms with Crippen LogP contribution in [0.2, 0.25) is 0 Å². The van der Waals surface area contributed by atoms with Crippen LogP contribution in [0.1, 0.15) is 5.56 Å². The summed E-state index contributed by atoms with van der Waals surface area (Å²) in [7, 11) is 0. The Bertz CT molecular complexity index is 927. The first-order valence-electron chi connectivity index (χ1n) is 9.85. The minimum Gasteiger partial charge on any atom is -0.454 e. The van der Waals surface area contributed by atoms with Gasteiger partial charge in [0, 0.05) is 38.6 Å². The summed E-state index contributed by atoms with van der Waals surface area (Å²) in [5.74, 6) is 0.730. The van der Waals surface area contributed by atoms with Gasteiger partial charge in [0.1, 0.15) is 11.7 Å². The Labute approximate surface area is 168 Å². The summed E-state index contributed by atoms with van der Waals surface area (Å²) >= 11 is 0. The first-order chi connectivity index (χ1) is 14.2. The maximum atomic E-state index is 12.9. The van der Waals surface area contributed by atoms with E-state index >= 15 is 0 Å². The Hall–Kier alpha value is -3.06. The lowest BCUT2D eigenvalue weighted by atomic mass is 9.92. The number of ether oxygens (including phenoxy) is 3. The first kappa shape index (κ1) is 18.0. The van der Waals surface area contributed by atoms with Crippen molar-refractivity contribution in [2.45, 2.75) is 12.6 Å². The summed E-state index contributed by atoms with van der Waals surface area (Å²) < 4.78 is 16.2. The monoisotopic (exact) mass is 394 g/mol. The quantitative estimate of drug-likeness (QED) is 0.574. The molecule has 1 aromatic carbocycles. The molecule has 1 aliphatic carbocycles. The predicted molar refractivity (Wildman–Crippen MR) is 104 cm³/mol. The molecular weight excluding hydrogens is 372 g/mol. The number of fused-ring (bicyclic) bond motifs is 2. The Kier molecular flexibility index (Phi) is 4.60. The molecule has 0 bridgehead atoms. The molecule has 2 unspecified atom stereocenters. The number of rotatable bonds is 3. The molecular formula is C22H22N2O5. The van der Waals surface area contributed by atoms with Gasteiger partial charge in [-0.1, -0.05) is 30.4 Å². The van der Waals surface area contributed by atoms with Gasteiger partial charge < -0.3 is 19.1 Å². The number of piperazine rings is 1. The minimum absolute atomic E-state index is 0.0658. The molecule has 0 spiro atoms. The molecule has 5 rings (SSSR count). The van der Waals surface area contributed by atoms with E-state index in [-0.39, 0.29) is 30.3 Å². The standard InChI is InChI=1S/C22H22N2O5/c25-21(17-12-16-3-1-2-4-18(16)29-22(17)26)24-9-7-23(8-10-24)13-15-5-6-19-20(11-15)28-14-27-19/h1-6,11-12,16,18H,7-10,13-14H2. The summed E-state index contributed by atoms with van der Waals surface area (Å²) in [6, 6.07) is 5.97. The molecule has 1 saturated heterocycles. The number of hydrogen-bond acceptors (Lipinski definition) is 6. The average molecular weight is 394 g/mol. The van der Waals surface area contributed by atoms with E-state index in [1.807, 2.05) is 42.5 Å². The Balaban J connectivity index is 1.20. The molecule has 1 aromatic rings. The number of carbonyl (C=O) groups excluding carboxylic acids is 2. The van der Waals surface area contributed by atoms with Crippen molar-refractivity contribution in [2.75, 3.05) is 33.0 Å². The molecule has 0 N–H and O–H groups in total. The number of amides is 1. The van der Waals surface area contributed by atoms with Crippen molar-refractivity contribution in [3.05, 3.63) is 59.7 Å². The lowest BCUT2D eigenvalue weighted by molar-refractivity contribution is -0.148. The number of esters is 1. The van der Waals surface area contributed by atoms with Gasteiger partial charge in [-0.25, -0.2) is 4.79 Å². The number of allylic oxidation sites excluding steroid dienone is 2. The summed E-state index contributed by atoms with van der Waals surface area (Å²) in [4.78, 5) is 29.2. The second-order valence-electron chi connectivity index (χ2n) is 7.55. The number of nitrogens with zero attached hydrogens (tertiary/aromatic N) is 2. The average Bonchev–Trinajstić information content (AvgIpc) is 3.21. The summed E-state index contributed by atoms with van der Waals surface area (Å²) in [5.41, 5.74) is 1.30. The van der Waals surface area contributed by atoms with Crippen LogP contribution in [0.4, 0.5) is 0 Å². The van der Waals surface area contributed by atoms with E-state index in [9.17, 15) is 9.59 Å². The summed E-state index contributed by atoms with van der Waals surface area (Å²) in [6.45, 7) is 3.71. The first-order valence-corrected chi connectivity index (χ1v) is 9.85. The van der Waals surface area contributed by atoms with Crippen LogP contribution in [-0.4, -0.2) is 60.8 Å². The van der Waals surface area contributed by atoms with Crippen molar-refractivity contribution in [3.8, 4) is 11.5 Å². The highest BCUT2D eigenvalue weighted by atomic mass is 16.7. The van der Waals surface area contributed by atoms with Crippen LogP contribution in [0.5, 0.6) is 11.5 Å². The molecule has 1 amide bonds. The smallest absolute Gasteiger partial charge is 0.344 e. The van der Waals surface area contributed by atoms with Crippen molar-refractivity contribution in [2.24, 2.45) is 5.92 Å². The highest BCUT2D eigenvalue weighted by Gasteiger charge is 2.35. The zero-order valence-corrected chi connectivity index (χ0v) is 16.0. The zero-order valence-electron chi connectivity index (χ0n) is 16.0. The van der Waals surface area contributed by atoms with Gasteiger partial charge in [-0.05, 0) is 23.8 Å². The molecule has 3 aliphatic heterocycles. The third kappa shape index (κ3) is 3.53. The van der Waals surface area contributed by atoms with Gasteiger partial charge in [0.25, 0.3) is 5.91 Å². The predicted octanol–water partition coefficient (Wildman–Crippen LogP) is 1.65. The molecule has 3 heterocycles. The zero-order chi connectivity index (χ0) is 19.8. The molecule has 29 heavy (non-hydrogen) atoms. The van der Waals surface area contributed by atoms with E-state index in [0.29, 0.717) is 13.1 Å². The van der Waals surface area contributed by atoms with Crippen molar-refractivity contribution in [1.82, 2.24) is 9.80 Å². The normalized spacial score (nSPS) is 25.4. The van der Waals surface area contributed by atoms with Crippen molar-refractivity contribution < 1.29 is 23.8 Å². The molecule has 0 radical (unpaired) electrons. The van der Waals surface area contributed by atoms with E-state index in [0.717, 1.165) is 36.7 Å². The second-order valence-corrected chi connectivity index (χ2v) is 7.55. The molecule has 7 nitrogen and oxygen atoms in total. The fraction of sp³-hybridized carbons (Fsp3) is 0.364. The molecule has 0 saturated carbocycles. The SMILES string of the molecule is O=C1OC2C=CC=CC2C=C1C(=O)N1CCN(Cc2ccc3c(c2)OCO3)CC1. The fourth-order valence-corrected chi connectivity index (χ4v) is 4.06. The van der Waals surface area contributed by atoms with Gasteiger partial charge in [-0.2, -0.15) is 0 Å². The fourth-order valence-electron chi connectivity index (χ4n) is 4.06. The molecule has 0 aromatic heterocycles. The van der Waals surface area contributed by atoms with Crippen molar-refractivity contribution in [3.63, 3.8) is 0 Å². The largest absolute Gasteiger partial charge is 0.454 e. The highest BCUT2D eigenvalue weighted by Crippen LogP contribution is 2.33. The molecule has 150 valence electrons. The third-order valence-corrected chi connectivity index (χ3v) is 5.68. The topological polar surface area (TPSA) is 68.3 Å². The Morgan fingerprint density at radius 2 is 1.83 bits per heavy atom. The van der Waals surface area contributed by atoms with Crippen LogP contribution in [0.15, 0.2) is 54.2 Å². The van der Waals surface area contributed by atoms with Gasteiger partial charge in [0.15, 0.2) is 11.5 Å². The molecule has 4 aliphatic rings. The van der Waals surface area contributed by atoms with E-state index in [1.54, 1.807) is 11.0 Å². The van der Waals surface area contributed by atoms with Gasteiger partial charge in [0.05, 0.1) is 0 Å². The Morgan fingerprint density at radius 1 is 1.03 bits per heavy atom. The second kappa shape index (κ2) is 7.40. The van der Waals surface area contributed by atoms with Crippen LogP contribution >= 0.6 is 0 Å². The van der Waals surface area contributed by atoms with Crippen molar-refractivity contribution >= 4 is 11.9 Å². The highest BCUT2D eigenvalue weighted by molar-refractivity contribution is 6.16. The van der Waals surface area contributed by atoms with Gasteiger partial charge >= 0.3 is 5.97 Å². The van der Waals surface area contributed by atoms with Crippen molar-refractivity contribution in [1.29, 1.82) is 0 Å². The summed E-state index contributed by atoms with van der Waals surface area (Å²) in [5, 5.41) is 0. The van der Waals surface area contributed by atoms with E-state index in [2.05, 4.69) is 4.90 Å². The van der Waals surface area contributed by atoms with Gasteiger partial charge in [0.2, 0.25) is 6.79 Å². The lowest BCUT2D eigenvalue weighted by Crippen LogP contribution is -2.50. The van der Waals surface area contributed by atoms with Gasteiger partial charge in [-0.3, -0.25) is 9.69 Å². The maximum absolute atomic E-state index is 12.9.